The van der Waals surface area contributed by atoms with Gasteiger partial charge in [0.2, 0.25) is 5.91 Å². The van der Waals surface area contributed by atoms with E-state index in [1.54, 1.807) is 59.5 Å². The number of carbonyl (C=O) groups excluding carboxylic acids is 2. The molecule has 136 valence electrons. The zero-order chi connectivity index (χ0) is 19.0. The molecule has 27 heavy (non-hydrogen) atoms. The van der Waals surface area contributed by atoms with E-state index < -0.39 is 11.9 Å². The third kappa shape index (κ3) is 3.19. The van der Waals surface area contributed by atoms with Crippen molar-refractivity contribution in [3.8, 4) is 0 Å². The summed E-state index contributed by atoms with van der Waals surface area (Å²) in [5.41, 5.74) is 0.413. The molecule has 1 unspecified atom stereocenters. The predicted octanol–water partition coefficient (Wildman–Crippen LogP) is 2.72. The van der Waals surface area contributed by atoms with Crippen molar-refractivity contribution in [1.29, 1.82) is 0 Å². The summed E-state index contributed by atoms with van der Waals surface area (Å²) >= 11 is 6.17. The van der Waals surface area contributed by atoms with Crippen LogP contribution in [-0.4, -0.2) is 29.4 Å². The highest BCUT2D eigenvalue weighted by atomic mass is 35.5. The Bertz CT molecular complexity index is 1110. The molecule has 0 radical (unpaired) electrons. The van der Waals surface area contributed by atoms with Crippen LogP contribution < -0.4 is 15.8 Å². The molecule has 1 aliphatic heterocycles. The summed E-state index contributed by atoms with van der Waals surface area (Å²) < 4.78 is 0. The van der Waals surface area contributed by atoms with Crippen LogP contribution in [0.25, 0.3) is 10.8 Å². The third-order valence-corrected chi connectivity index (χ3v) is 4.97. The number of fused-ring (bicyclic) bond motifs is 1. The second kappa shape index (κ2) is 6.89. The number of rotatable bonds is 3. The van der Waals surface area contributed by atoms with E-state index in [0.717, 1.165) is 0 Å². The summed E-state index contributed by atoms with van der Waals surface area (Å²) in [7, 11) is 0. The van der Waals surface area contributed by atoms with Crippen LogP contribution >= 0.6 is 11.6 Å². The van der Waals surface area contributed by atoms with E-state index in [2.05, 4.69) is 10.3 Å². The smallest absolute Gasteiger partial charge is 0.268 e. The molecule has 1 atom stereocenters. The van der Waals surface area contributed by atoms with Gasteiger partial charge in [-0.2, -0.15) is 0 Å². The summed E-state index contributed by atoms with van der Waals surface area (Å²) in [6, 6.07) is 15.0. The minimum atomic E-state index is -0.663. The van der Waals surface area contributed by atoms with Gasteiger partial charge in [-0.3, -0.25) is 14.4 Å². The fourth-order valence-electron chi connectivity index (χ4n) is 3.29. The lowest BCUT2D eigenvalue weighted by atomic mass is 10.1. The Hall–Kier alpha value is -3.12. The fraction of sp³-hybridized carbons (Fsp3) is 0.150. The molecule has 2 heterocycles. The molecule has 0 saturated carbocycles. The number of pyridine rings is 1. The average Bonchev–Trinajstić information content (AvgIpc) is 3.02. The molecule has 0 spiro atoms. The average molecular weight is 382 g/mol. The molecule has 7 heteroatoms. The van der Waals surface area contributed by atoms with Crippen molar-refractivity contribution < 1.29 is 9.59 Å². The second-order valence-electron chi connectivity index (χ2n) is 6.36. The maximum absolute atomic E-state index is 12.7. The molecule has 1 aliphatic rings. The quantitative estimate of drug-likeness (QED) is 0.731. The number of amides is 2. The van der Waals surface area contributed by atoms with Gasteiger partial charge in [0, 0.05) is 11.9 Å². The fourth-order valence-corrected chi connectivity index (χ4v) is 3.53. The first-order chi connectivity index (χ1) is 13.0. The van der Waals surface area contributed by atoms with Crippen LogP contribution in [0.15, 0.2) is 59.4 Å². The van der Waals surface area contributed by atoms with Gasteiger partial charge in [-0.05, 0) is 36.1 Å². The van der Waals surface area contributed by atoms with Crippen molar-refractivity contribution in [2.45, 2.75) is 12.5 Å². The number of aromatic amines is 1. The molecule has 2 N–H and O–H groups in total. The number of nitrogens with zero attached hydrogens (tertiary/aromatic N) is 1. The lowest BCUT2D eigenvalue weighted by Gasteiger charge is -2.18. The molecule has 2 aromatic carbocycles. The highest BCUT2D eigenvalue weighted by molar-refractivity contribution is 6.34. The van der Waals surface area contributed by atoms with Gasteiger partial charge in [0.1, 0.15) is 11.7 Å². The summed E-state index contributed by atoms with van der Waals surface area (Å²) in [5, 5.41) is 4.37. The molecular formula is C20H16ClN3O3. The minimum Gasteiger partial charge on any atom is -0.339 e. The van der Waals surface area contributed by atoms with Crippen molar-refractivity contribution in [2.24, 2.45) is 0 Å². The van der Waals surface area contributed by atoms with Gasteiger partial charge in [-0.25, -0.2) is 0 Å². The van der Waals surface area contributed by atoms with Gasteiger partial charge in [-0.1, -0.05) is 41.9 Å². The van der Waals surface area contributed by atoms with Crippen LogP contribution in [0.2, 0.25) is 5.02 Å². The largest absolute Gasteiger partial charge is 0.339 e. The molecule has 0 aliphatic carbocycles. The van der Waals surface area contributed by atoms with E-state index in [9.17, 15) is 14.4 Å². The number of halogens is 1. The second-order valence-corrected chi connectivity index (χ2v) is 6.76. The maximum Gasteiger partial charge on any atom is 0.268 e. The Balaban J connectivity index is 1.55. The Morgan fingerprint density at radius 3 is 2.67 bits per heavy atom. The highest BCUT2D eigenvalue weighted by Gasteiger charge is 2.34. The lowest BCUT2D eigenvalue weighted by molar-refractivity contribution is -0.118. The van der Waals surface area contributed by atoms with Gasteiger partial charge < -0.3 is 15.2 Å². The summed E-state index contributed by atoms with van der Waals surface area (Å²) in [6.07, 6.45) is 0.466. The monoisotopic (exact) mass is 381 g/mol. The number of benzene rings is 2. The Labute approximate surface area is 159 Å². The van der Waals surface area contributed by atoms with E-state index >= 15 is 0 Å². The first-order valence-corrected chi connectivity index (χ1v) is 8.91. The van der Waals surface area contributed by atoms with Crippen LogP contribution in [0.4, 0.5) is 5.69 Å². The lowest BCUT2D eigenvalue weighted by Crippen LogP contribution is -2.42. The van der Waals surface area contributed by atoms with Crippen LogP contribution in [0.1, 0.15) is 16.9 Å². The Morgan fingerprint density at radius 1 is 1.11 bits per heavy atom. The zero-order valence-corrected chi connectivity index (χ0v) is 15.0. The van der Waals surface area contributed by atoms with E-state index in [1.165, 1.54) is 0 Å². The number of H-pyrrole nitrogens is 1. The van der Waals surface area contributed by atoms with Crippen molar-refractivity contribution in [1.82, 2.24) is 10.3 Å². The number of hydrogen-bond acceptors (Lipinski definition) is 3. The maximum atomic E-state index is 12.7. The van der Waals surface area contributed by atoms with Crippen LogP contribution in [0.5, 0.6) is 0 Å². The topological polar surface area (TPSA) is 82.3 Å². The number of para-hydroxylation sites is 1. The molecule has 4 rings (SSSR count). The van der Waals surface area contributed by atoms with Crippen LogP contribution in [0, 0.1) is 0 Å². The summed E-state index contributed by atoms with van der Waals surface area (Å²) in [4.78, 5) is 41.6. The first kappa shape index (κ1) is 17.3. The normalized spacial score (nSPS) is 16.7. The molecule has 1 fully saturated rings. The first-order valence-electron chi connectivity index (χ1n) is 8.53. The number of anilines is 1. The van der Waals surface area contributed by atoms with Crippen molar-refractivity contribution in [3.05, 3.63) is 75.7 Å². The van der Waals surface area contributed by atoms with Crippen molar-refractivity contribution >= 4 is 39.9 Å². The third-order valence-electron chi connectivity index (χ3n) is 4.65. The molecule has 3 aromatic rings. The Morgan fingerprint density at radius 2 is 1.85 bits per heavy atom. The van der Waals surface area contributed by atoms with Crippen molar-refractivity contribution in [3.63, 3.8) is 0 Å². The van der Waals surface area contributed by atoms with E-state index in [0.29, 0.717) is 34.4 Å². The number of nitrogens with one attached hydrogen (secondary N) is 2. The van der Waals surface area contributed by atoms with Crippen LogP contribution in [0.3, 0.4) is 0 Å². The summed E-state index contributed by atoms with van der Waals surface area (Å²) in [6.45, 7) is 0.460. The van der Waals surface area contributed by atoms with E-state index in [1.807, 2.05) is 0 Å². The van der Waals surface area contributed by atoms with Gasteiger partial charge in [0.05, 0.1) is 10.7 Å². The molecule has 1 saturated heterocycles. The number of carbonyl (C=O) groups is 2. The SMILES string of the molecule is O=C(NC1CCN(c2ccccc2Cl)C1=O)c1cc2ccccc2c(=O)[nH]1. The predicted molar refractivity (Wildman–Crippen MR) is 104 cm³/mol. The van der Waals surface area contributed by atoms with Gasteiger partial charge in [0.15, 0.2) is 0 Å². The zero-order valence-electron chi connectivity index (χ0n) is 14.2. The van der Waals surface area contributed by atoms with Crippen LogP contribution in [-0.2, 0) is 4.79 Å². The van der Waals surface area contributed by atoms with Gasteiger partial charge in [-0.15, -0.1) is 0 Å². The molecule has 2 amide bonds. The van der Waals surface area contributed by atoms with Crippen molar-refractivity contribution in [2.75, 3.05) is 11.4 Å². The highest BCUT2D eigenvalue weighted by Crippen LogP contribution is 2.29. The van der Waals surface area contributed by atoms with Gasteiger partial charge in [0.25, 0.3) is 11.5 Å². The summed E-state index contributed by atoms with van der Waals surface area (Å²) in [5.74, 6) is -0.711. The standard InChI is InChI=1S/C20H16ClN3O3/c21-14-7-3-4-8-17(14)24-10-9-15(20(24)27)22-19(26)16-11-12-5-1-2-6-13(12)18(25)23-16/h1-8,11,15H,9-10H2,(H,22,26)(H,23,25). The Kier molecular flexibility index (Phi) is 4.41. The molecule has 1 aromatic heterocycles. The molecular weight excluding hydrogens is 366 g/mol. The molecule has 6 nitrogen and oxygen atoms in total. The minimum absolute atomic E-state index is 0.127. The number of aromatic nitrogens is 1. The van der Waals surface area contributed by atoms with E-state index in [4.69, 9.17) is 11.6 Å². The number of hydrogen-bond donors (Lipinski definition) is 2. The van der Waals surface area contributed by atoms with E-state index in [-0.39, 0.29) is 17.2 Å². The molecule has 0 bridgehead atoms. The van der Waals surface area contributed by atoms with Gasteiger partial charge >= 0.3 is 0 Å².